The van der Waals surface area contributed by atoms with Crippen molar-refractivity contribution in [2.75, 3.05) is 18.5 Å². The molecule has 2 aromatic carbocycles. The van der Waals surface area contributed by atoms with E-state index >= 15 is 0 Å². The van der Waals surface area contributed by atoms with Gasteiger partial charge in [-0.15, -0.1) is 0 Å². The Morgan fingerprint density at radius 2 is 1.79 bits per heavy atom. The smallest absolute Gasteiger partial charge is 0.119 e. The molecule has 0 fully saturated rings. The summed E-state index contributed by atoms with van der Waals surface area (Å²) in [6.07, 6.45) is 0. The molecule has 0 aliphatic rings. The summed E-state index contributed by atoms with van der Waals surface area (Å²) in [7, 11) is 0. The third kappa shape index (κ3) is 4.18. The summed E-state index contributed by atoms with van der Waals surface area (Å²) >= 11 is 5.97. The molecule has 0 atom stereocenters. The van der Waals surface area contributed by atoms with Gasteiger partial charge in [0.2, 0.25) is 0 Å². The van der Waals surface area contributed by atoms with Crippen LogP contribution in [0.5, 0.6) is 5.75 Å². The molecule has 0 aliphatic heterocycles. The Morgan fingerprint density at radius 1 is 1.05 bits per heavy atom. The Kier molecular flexibility index (Phi) is 4.69. The second-order valence-corrected chi connectivity index (χ2v) is 4.96. The van der Waals surface area contributed by atoms with Gasteiger partial charge in [0.15, 0.2) is 0 Å². The summed E-state index contributed by atoms with van der Waals surface area (Å²) in [5.41, 5.74) is 3.41. The first-order valence-electron chi connectivity index (χ1n) is 6.34. The number of aryl methyl sites for hydroxylation is 2. The number of hydrogen-bond donors (Lipinski definition) is 1. The molecule has 2 aromatic rings. The average molecular weight is 276 g/mol. The molecule has 0 unspecified atom stereocenters. The molecule has 0 bridgehead atoms. The van der Waals surface area contributed by atoms with Crippen molar-refractivity contribution in [1.82, 2.24) is 0 Å². The first-order chi connectivity index (χ1) is 9.15. The van der Waals surface area contributed by atoms with Crippen LogP contribution in [0.3, 0.4) is 0 Å². The second-order valence-electron chi connectivity index (χ2n) is 4.55. The molecule has 2 rings (SSSR count). The van der Waals surface area contributed by atoms with E-state index in [1.807, 2.05) is 25.1 Å². The minimum Gasteiger partial charge on any atom is -0.492 e. The van der Waals surface area contributed by atoms with E-state index in [2.05, 4.69) is 36.5 Å². The van der Waals surface area contributed by atoms with Gasteiger partial charge in [0.25, 0.3) is 0 Å². The van der Waals surface area contributed by atoms with Gasteiger partial charge in [0, 0.05) is 17.3 Å². The van der Waals surface area contributed by atoms with Crippen LogP contribution in [0.4, 0.5) is 5.69 Å². The lowest BCUT2D eigenvalue weighted by Gasteiger charge is -2.09. The summed E-state index contributed by atoms with van der Waals surface area (Å²) < 4.78 is 5.67. The highest BCUT2D eigenvalue weighted by molar-refractivity contribution is 6.31. The fraction of sp³-hybridized carbons (Fsp3) is 0.250. The van der Waals surface area contributed by atoms with Crippen LogP contribution in [-0.2, 0) is 0 Å². The van der Waals surface area contributed by atoms with Gasteiger partial charge in [-0.25, -0.2) is 0 Å². The van der Waals surface area contributed by atoms with Crippen molar-refractivity contribution >= 4 is 17.3 Å². The number of hydrogen-bond acceptors (Lipinski definition) is 2. The molecule has 100 valence electrons. The first kappa shape index (κ1) is 13.8. The minimum atomic E-state index is 0.620. The summed E-state index contributed by atoms with van der Waals surface area (Å²) in [5, 5.41) is 4.09. The molecule has 0 aliphatic carbocycles. The monoisotopic (exact) mass is 275 g/mol. The van der Waals surface area contributed by atoms with Crippen molar-refractivity contribution in [3.63, 3.8) is 0 Å². The van der Waals surface area contributed by atoms with Crippen LogP contribution >= 0.6 is 11.6 Å². The normalized spacial score (nSPS) is 10.3. The Bertz CT molecular complexity index is 537. The van der Waals surface area contributed by atoms with Crippen LogP contribution in [-0.4, -0.2) is 13.2 Å². The van der Waals surface area contributed by atoms with E-state index in [4.69, 9.17) is 16.3 Å². The van der Waals surface area contributed by atoms with Gasteiger partial charge in [-0.2, -0.15) is 0 Å². The van der Waals surface area contributed by atoms with Gasteiger partial charge < -0.3 is 10.1 Å². The Labute approximate surface area is 119 Å². The predicted molar refractivity (Wildman–Crippen MR) is 81.4 cm³/mol. The van der Waals surface area contributed by atoms with E-state index in [1.54, 1.807) is 0 Å². The van der Waals surface area contributed by atoms with Crippen LogP contribution in [0.1, 0.15) is 11.1 Å². The van der Waals surface area contributed by atoms with Gasteiger partial charge in [0.05, 0.1) is 0 Å². The number of ether oxygens (including phenoxy) is 1. The highest BCUT2D eigenvalue weighted by Crippen LogP contribution is 2.20. The maximum Gasteiger partial charge on any atom is 0.119 e. The van der Waals surface area contributed by atoms with Gasteiger partial charge in [-0.1, -0.05) is 29.3 Å². The maximum atomic E-state index is 5.97. The molecular formula is C16H18ClNO. The molecule has 0 radical (unpaired) electrons. The molecule has 0 saturated heterocycles. The van der Waals surface area contributed by atoms with Gasteiger partial charge in [-0.05, 0) is 49.7 Å². The predicted octanol–water partition coefficient (Wildman–Crippen LogP) is 4.45. The molecule has 3 heteroatoms. The average Bonchev–Trinajstić information content (AvgIpc) is 2.41. The number of nitrogens with one attached hydrogen (secondary N) is 1. The zero-order valence-corrected chi connectivity index (χ0v) is 12.0. The second kappa shape index (κ2) is 6.48. The summed E-state index contributed by atoms with van der Waals surface area (Å²) in [5.74, 6) is 0.854. The Morgan fingerprint density at radius 3 is 2.47 bits per heavy atom. The van der Waals surface area contributed by atoms with Crippen molar-refractivity contribution < 1.29 is 4.74 Å². The zero-order valence-electron chi connectivity index (χ0n) is 11.2. The van der Waals surface area contributed by atoms with Crippen LogP contribution in [0.15, 0.2) is 42.5 Å². The van der Waals surface area contributed by atoms with E-state index in [9.17, 15) is 0 Å². The van der Waals surface area contributed by atoms with Gasteiger partial charge >= 0.3 is 0 Å². The molecule has 2 nitrogen and oxygen atoms in total. The number of rotatable bonds is 5. The van der Waals surface area contributed by atoms with E-state index < -0.39 is 0 Å². The van der Waals surface area contributed by atoms with Crippen LogP contribution < -0.4 is 10.1 Å². The lowest BCUT2D eigenvalue weighted by Crippen LogP contribution is -2.11. The summed E-state index contributed by atoms with van der Waals surface area (Å²) in [4.78, 5) is 0. The van der Waals surface area contributed by atoms with E-state index in [0.29, 0.717) is 6.61 Å². The lowest BCUT2D eigenvalue weighted by molar-refractivity contribution is 0.332. The lowest BCUT2D eigenvalue weighted by atomic mass is 10.2. The van der Waals surface area contributed by atoms with Crippen molar-refractivity contribution in [3.05, 3.63) is 58.6 Å². The van der Waals surface area contributed by atoms with Crippen LogP contribution in [0, 0.1) is 13.8 Å². The van der Waals surface area contributed by atoms with Gasteiger partial charge in [0.1, 0.15) is 12.4 Å². The highest BCUT2D eigenvalue weighted by atomic mass is 35.5. The van der Waals surface area contributed by atoms with Crippen molar-refractivity contribution in [2.45, 2.75) is 13.8 Å². The molecular weight excluding hydrogens is 258 g/mol. The molecule has 0 spiro atoms. The van der Waals surface area contributed by atoms with Crippen molar-refractivity contribution in [1.29, 1.82) is 0 Å². The van der Waals surface area contributed by atoms with Gasteiger partial charge in [-0.3, -0.25) is 0 Å². The van der Waals surface area contributed by atoms with Crippen LogP contribution in [0.2, 0.25) is 5.02 Å². The third-order valence-corrected chi connectivity index (χ3v) is 3.30. The topological polar surface area (TPSA) is 21.3 Å². The molecule has 0 amide bonds. The van der Waals surface area contributed by atoms with Crippen LogP contribution in [0.25, 0.3) is 0 Å². The minimum absolute atomic E-state index is 0.620. The van der Waals surface area contributed by atoms with E-state index in [0.717, 1.165) is 28.6 Å². The van der Waals surface area contributed by atoms with Crippen molar-refractivity contribution in [3.8, 4) is 5.75 Å². The van der Waals surface area contributed by atoms with Crippen molar-refractivity contribution in [2.24, 2.45) is 0 Å². The number of anilines is 1. The zero-order chi connectivity index (χ0) is 13.7. The van der Waals surface area contributed by atoms with E-state index in [-0.39, 0.29) is 0 Å². The largest absolute Gasteiger partial charge is 0.492 e. The van der Waals surface area contributed by atoms with E-state index in [1.165, 1.54) is 5.56 Å². The molecule has 0 heterocycles. The quantitative estimate of drug-likeness (QED) is 0.814. The Balaban J connectivity index is 1.77. The fourth-order valence-electron chi connectivity index (χ4n) is 1.74. The number of halogens is 1. The summed E-state index contributed by atoms with van der Waals surface area (Å²) in [6, 6.07) is 14.0. The highest BCUT2D eigenvalue weighted by Gasteiger charge is 1.98. The first-order valence-corrected chi connectivity index (χ1v) is 6.72. The molecule has 0 saturated carbocycles. The molecule has 1 N–H and O–H groups in total. The molecule has 19 heavy (non-hydrogen) atoms. The third-order valence-electron chi connectivity index (χ3n) is 2.88. The SMILES string of the molecule is Cc1ccc(NCCOc2ccc(Cl)c(C)c2)cc1. The summed E-state index contributed by atoms with van der Waals surface area (Å²) in [6.45, 7) is 5.44. The number of benzene rings is 2. The maximum absolute atomic E-state index is 5.97. The standard InChI is InChI=1S/C16H18ClNO/c1-12-3-5-14(6-4-12)18-9-10-19-15-7-8-16(17)13(2)11-15/h3-8,11,18H,9-10H2,1-2H3. The fourth-order valence-corrected chi connectivity index (χ4v) is 1.86. The Hall–Kier alpha value is -1.67. The molecule has 0 aromatic heterocycles.